The van der Waals surface area contributed by atoms with Gasteiger partial charge in [0.25, 0.3) is 5.91 Å². The lowest BCUT2D eigenvalue weighted by atomic mass is 9.89. The molecule has 0 heterocycles. The SMILES string of the molecule is CC(C)NC(=O)C(F)(F)C(F)(F)C(F)(F)C(F)(F)C(F)(F)C(F)(F)C(F)(F)C(F)(F)Cl. The standard InChI is InChI=1S/C12H8ClF16NO/c1-3(2)30-4(31)5(14,15)6(16,17)7(18,19)8(20,21)9(22,23)10(24,25)11(26,27)12(13,28)29/h3H,1-2H3,(H,30,31). The summed E-state index contributed by atoms with van der Waals surface area (Å²) < 4.78 is 211. The number of hydrogen-bond acceptors (Lipinski definition) is 1. The maximum atomic E-state index is 13.4. The van der Waals surface area contributed by atoms with Gasteiger partial charge in [0.05, 0.1) is 0 Å². The largest absolute Gasteiger partial charge is 0.393 e. The predicted molar refractivity (Wildman–Crippen MR) is 68.7 cm³/mol. The molecule has 0 aliphatic rings. The Bertz CT molecular complexity index is 683. The number of alkyl halides is 17. The summed E-state index contributed by atoms with van der Waals surface area (Å²) >= 11 is 3.38. The van der Waals surface area contributed by atoms with Crippen molar-refractivity contribution in [1.29, 1.82) is 0 Å². The van der Waals surface area contributed by atoms with E-state index in [0.717, 1.165) is 19.2 Å². The van der Waals surface area contributed by atoms with E-state index in [2.05, 4.69) is 11.6 Å². The van der Waals surface area contributed by atoms with Crippen LogP contribution in [-0.4, -0.2) is 58.8 Å². The number of hydrogen-bond donors (Lipinski definition) is 1. The Kier molecular flexibility index (Phi) is 7.27. The van der Waals surface area contributed by atoms with Gasteiger partial charge in [-0.2, -0.15) is 70.2 Å². The van der Waals surface area contributed by atoms with E-state index in [-0.39, 0.29) is 0 Å². The van der Waals surface area contributed by atoms with Crippen LogP contribution in [0.1, 0.15) is 13.8 Å². The molecule has 0 bridgehead atoms. The van der Waals surface area contributed by atoms with Crippen molar-refractivity contribution in [2.24, 2.45) is 0 Å². The van der Waals surface area contributed by atoms with Crippen molar-refractivity contribution >= 4 is 17.5 Å². The fourth-order valence-electron chi connectivity index (χ4n) is 1.66. The molecule has 0 atom stereocenters. The molecule has 0 radical (unpaired) electrons. The Morgan fingerprint density at radius 1 is 0.581 bits per heavy atom. The lowest BCUT2D eigenvalue weighted by Crippen LogP contribution is -2.75. The van der Waals surface area contributed by atoms with Crippen LogP contribution in [0.25, 0.3) is 0 Å². The van der Waals surface area contributed by atoms with Gasteiger partial charge >= 0.3 is 46.8 Å². The van der Waals surface area contributed by atoms with Crippen LogP contribution in [0.2, 0.25) is 0 Å². The van der Waals surface area contributed by atoms with E-state index in [1.54, 1.807) is 0 Å². The van der Waals surface area contributed by atoms with Gasteiger partial charge < -0.3 is 5.32 Å². The van der Waals surface area contributed by atoms with Crippen molar-refractivity contribution in [2.45, 2.75) is 66.7 Å². The second kappa shape index (κ2) is 7.60. The van der Waals surface area contributed by atoms with Crippen LogP contribution in [0.5, 0.6) is 0 Å². The molecule has 1 N–H and O–H groups in total. The number of carbonyl (C=O) groups excluding carboxylic acids is 1. The molecule has 0 aromatic rings. The first-order valence-electron chi connectivity index (χ1n) is 7.11. The fraction of sp³-hybridized carbons (Fsp3) is 0.917. The monoisotopic (exact) mass is 521 g/mol. The van der Waals surface area contributed by atoms with Crippen molar-refractivity contribution in [3.63, 3.8) is 0 Å². The van der Waals surface area contributed by atoms with Gasteiger partial charge in [-0.05, 0) is 25.4 Å². The molecule has 186 valence electrons. The Morgan fingerprint density at radius 3 is 1.10 bits per heavy atom. The molecule has 0 aromatic carbocycles. The molecule has 19 heteroatoms. The third-order valence-corrected chi connectivity index (χ3v) is 3.66. The van der Waals surface area contributed by atoms with Gasteiger partial charge in [-0.25, -0.2) is 0 Å². The first-order chi connectivity index (χ1) is 13.1. The van der Waals surface area contributed by atoms with Gasteiger partial charge in [-0.1, -0.05) is 0 Å². The smallest absolute Gasteiger partial charge is 0.348 e. The van der Waals surface area contributed by atoms with Gasteiger partial charge in [0, 0.05) is 6.04 Å². The third kappa shape index (κ3) is 3.96. The molecule has 0 aliphatic carbocycles. The van der Waals surface area contributed by atoms with Gasteiger partial charge in [0.15, 0.2) is 0 Å². The minimum Gasteiger partial charge on any atom is -0.348 e. The first-order valence-corrected chi connectivity index (χ1v) is 7.49. The summed E-state index contributed by atoms with van der Waals surface area (Å²) in [7, 11) is 0. The summed E-state index contributed by atoms with van der Waals surface area (Å²) in [5.41, 5.74) is 0. The lowest BCUT2D eigenvalue weighted by Gasteiger charge is -2.42. The number of amides is 1. The van der Waals surface area contributed by atoms with Gasteiger partial charge in [-0.15, -0.1) is 0 Å². The Hall–Kier alpha value is -1.36. The normalized spacial score (nSPS) is 16.0. The summed E-state index contributed by atoms with van der Waals surface area (Å²) in [6, 6.07) is -1.57. The van der Waals surface area contributed by atoms with E-state index >= 15 is 0 Å². The van der Waals surface area contributed by atoms with E-state index in [0.29, 0.717) is 0 Å². The van der Waals surface area contributed by atoms with E-state index in [9.17, 15) is 75.0 Å². The lowest BCUT2D eigenvalue weighted by molar-refractivity contribution is -0.446. The van der Waals surface area contributed by atoms with Gasteiger partial charge in [0.2, 0.25) is 0 Å². The highest BCUT2D eigenvalue weighted by Gasteiger charge is 2.95. The zero-order valence-corrected chi connectivity index (χ0v) is 15.2. The molecule has 2 nitrogen and oxygen atoms in total. The molecule has 0 saturated heterocycles. The highest BCUT2D eigenvalue weighted by Crippen LogP contribution is 2.64. The summed E-state index contributed by atoms with van der Waals surface area (Å²) in [4.78, 5) is 10.9. The maximum Gasteiger partial charge on any atom is 0.393 e. The van der Waals surface area contributed by atoms with Crippen molar-refractivity contribution < 1.29 is 75.0 Å². The number of carbonyl (C=O) groups is 1. The minimum atomic E-state index is -8.58. The van der Waals surface area contributed by atoms with Gasteiger partial charge in [-0.3, -0.25) is 4.79 Å². The zero-order chi connectivity index (χ0) is 25.9. The molecular weight excluding hydrogens is 514 g/mol. The Balaban J connectivity index is 6.73. The molecule has 0 saturated carbocycles. The zero-order valence-electron chi connectivity index (χ0n) is 14.4. The van der Waals surface area contributed by atoms with E-state index in [1.165, 1.54) is 0 Å². The summed E-state index contributed by atoms with van der Waals surface area (Å²) in [5, 5.41) is -6.03. The van der Waals surface area contributed by atoms with Crippen molar-refractivity contribution in [3.05, 3.63) is 0 Å². The number of nitrogens with one attached hydrogen (secondary N) is 1. The fourth-order valence-corrected chi connectivity index (χ4v) is 1.78. The van der Waals surface area contributed by atoms with Gasteiger partial charge in [0.1, 0.15) is 0 Å². The van der Waals surface area contributed by atoms with Crippen LogP contribution in [0.4, 0.5) is 70.2 Å². The van der Waals surface area contributed by atoms with E-state index in [1.807, 2.05) is 0 Å². The highest BCUT2D eigenvalue weighted by atomic mass is 35.5. The average molecular weight is 522 g/mol. The molecular formula is C12H8ClF16NO. The van der Waals surface area contributed by atoms with Crippen LogP contribution in [-0.2, 0) is 4.79 Å². The summed E-state index contributed by atoms with van der Waals surface area (Å²) in [6.07, 6.45) is 0. The molecule has 0 aliphatic heterocycles. The minimum absolute atomic E-state index is 0.738. The Morgan fingerprint density at radius 2 is 0.839 bits per heavy atom. The molecule has 0 aromatic heterocycles. The molecule has 0 spiro atoms. The van der Waals surface area contributed by atoms with Crippen LogP contribution in [0, 0.1) is 0 Å². The average Bonchev–Trinajstić information content (AvgIpc) is 2.51. The highest BCUT2D eigenvalue weighted by molar-refractivity contribution is 6.22. The summed E-state index contributed by atoms with van der Waals surface area (Å²) in [6.45, 7) is 1.48. The molecule has 0 fully saturated rings. The van der Waals surface area contributed by atoms with Crippen LogP contribution in [0.15, 0.2) is 0 Å². The van der Waals surface area contributed by atoms with Crippen LogP contribution in [0.3, 0.4) is 0 Å². The van der Waals surface area contributed by atoms with E-state index in [4.69, 9.17) is 0 Å². The topological polar surface area (TPSA) is 29.1 Å². The summed E-state index contributed by atoms with van der Waals surface area (Å²) in [5.74, 6) is -60.1. The van der Waals surface area contributed by atoms with Crippen molar-refractivity contribution in [1.82, 2.24) is 5.32 Å². The molecule has 0 rings (SSSR count). The number of halogens is 17. The first kappa shape index (κ1) is 29.6. The second-order valence-electron chi connectivity index (χ2n) is 6.15. The van der Waals surface area contributed by atoms with Crippen molar-refractivity contribution in [2.75, 3.05) is 0 Å². The van der Waals surface area contributed by atoms with Crippen molar-refractivity contribution in [3.8, 4) is 0 Å². The maximum absolute atomic E-state index is 13.4. The molecule has 0 unspecified atom stereocenters. The second-order valence-corrected chi connectivity index (χ2v) is 6.62. The predicted octanol–water partition coefficient (Wildman–Crippen LogP) is 5.79. The third-order valence-electron chi connectivity index (χ3n) is 3.43. The molecule has 1 amide bonds. The quantitative estimate of drug-likeness (QED) is 0.302. The molecule has 31 heavy (non-hydrogen) atoms. The Labute approximate surface area is 165 Å². The van der Waals surface area contributed by atoms with Crippen LogP contribution < -0.4 is 5.32 Å². The van der Waals surface area contributed by atoms with Crippen LogP contribution >= 0.6 is 11.6 Å². The number of rotatable bonds is 9. The van der Waals surface area contributed by atoms with E-state index < -0.39 is 58.8 Å².